The third kappa shape index (κ3) is 4.52. The lowest BCUT2D eigenvalue weighted by molar-refractivity contribution is -0.140. The Morgan fingerprint density at radius 1 is 1.23 bits per heavy atom. The number of thiazole rings is 1. The van der Waals surface area contributed by atoms with Gasteiger partial charge in [-0.2, -0.15) is 13.2 Å². The molecular formula is C15H14BrF3N6S. The number of alkyl halides is 3. The zero-order valence-electron chi connectivity index (χ0n) is 13.5. The van der Waals surface area contributed by atoms with Gasteiger partial charge in [-0.3, -0.25) is 4.99 Å². The second-order valence-electron chi connectivity index (χ2n) is 5.25. The van der Waals surface area contributed by atoms with Crippen LogP contribution in [0.5, 0.6) is 0 Å². The molecule has 0 radical (unpaired) electrons. The van der Waals surface area contributed by atoms with Gasteiger partial charge in [0.05, 0.1) is 18.8 Å². The van der Waals surface area contributed by atoms with Crippen molar-refractivity contribution in [3.63, 3.8) is 0 Å². The maximum absolute atomic E-state index is 12.6. The maximum atomic E-state index is 12.6. The van der Waals surface area contributed by atoms with Crippen molar-refractivity contribution in [1.82, 2.24) is 25.0 Å². The number of hydrogen-bond donors (Lipinski definition) is 2. The third-order valence-electron chi connectivity index (χ3n) is 3.37. The fraction of sp³-hybridized carbons (Fsp3) is 0.267. The molecule has 0 spiro atoms. The van der Waals surface area contributed by atoms with Crippen LogP contribution in [0.25, 0.3) is 5.65 Å². The van der Waals surface area contributed by atoms with E-state index in [4.69, 9.17) is 0 Å². The van der Waals surface area contributed by atoms with E-state index in [1.165, 1.54) is 0 Å². The number of rotatable bonds is 4. The summed E-state index contributed by atoms with van der Waals surface area (Å²) in [5.41, 5.74) is 0.744. The molecule has 0 amide bonds. The highest BCUT2D eigenvalue weighted by Gasteiger charge is 2.33. The van der Waals surface area contributed by atoms with E-state index in [0.29, 0.717) is 17.5 Å². The SMILES string of the molecule is CN=C(NCc1cn2cc(Br)ccc2n1)NCc1nc(C(F)(F)F)cs1. The van der Waals surface area contributed by atoms with E-state index in [1.807, 2.05) is 28.9 Å². The number of nitrogens with zero attached hydrogens (tertiary/aromatic N) is 4. The van der Waals surface area contributed by atoms with Crippen LogP contribution in [0, 0.1) is 0 Å². The number of hydrogen-bond acceptors (Lipinski definition) is 4. The molecule has 2 N–H and O–H groups in total. The van der Waals surface area contributed by atoms with E-state index < -0.39 is 11.9 Å². The van der Waals surface area contributed by atoms with Crippen LogP contribution < -0.4 is 10.6 Å². The van der Waals surface area contributed by atoms with Gasteiger partial charge in [0.2, 0.25) is 0 Å². The Kier molecular flexibility index (Phi) is 5.47. The fourth-order valence-corrected chi connectivity index (χ4v) is 3.27. The van der Waals surface area contributed by atoms with Crippen LogP contribution in [0.4, 0.5) is 13.2 Å². The van der Waals surface area contributed by atoms with Gasteiger partial charge in [-0.1, -0.05) is 0 Å². The molecule has 0 saturated carbocycles. The summed E-state index contributed by atoms with van der Waals surface area (Å²) in [5, 5.41) is 7.35. The molecule has 0 aliphatic rings. The van der Waals surface area contributed by atoms with Crippen LogP contribution in [0.1, 0.15) is 16.4 Å². The van der Waals surface area contributed by atoms with Gasteiger partial charge in [0, 0.05) is 29.3 Å². The Morgan fingerprint density at radius 3 is 2.69 bits per heavy atom. The average Bonchev–Trinajstić information content (AvgIpc) is 3.20. The molecule has 3 aromatic heterocycles. The summed E-state index contributed by atoms with van der Waals surface area (Å²) in [4.78, 5) is 12.1. The van der Waals surface area contributed by atoms with Gasteiger partial charge < -0.3 is 15.0 Å². The lowest BCUT2D eigenvalue weighted by Gasteiger charge is -2.09. The number of pyridine rings is 1. The van der Waals surface area contributed by atoms with Gasteiger partial charge >= 0.3 is 6.18 Å². The summed E-state index contributed by atoms with van der Waals surface area (Å²) < 4.78 is 40.5. The monoisotopic (exact) mass is 446 g/mol. The first-order chi connectivity index (χ1) is 12.3. The molecule has 26 heavy (non-hydrogen) atoms. The molecule has 0 bridgehead atoms. The molecule has 0 aliphatic heterocycles. The van der Waals surface area contributed by atoms with E-state index in [-0.39, 0.29) is 6.54 Å². The number of aromatic nitrogens is 3. The first kappa shape index (κ1) is 18.6. The molecule has 0 fully saturated rings. The Labute approximate surface area is 159 Å². The lowest BCUT2D eigenvalue weighted by Crippen LogP contribution is -2.36. The summed E-state index contributed by atoms with van der Waals surface area (Å²) >= 11 is 4.35. The number of guanidine groups is 1. The first-order valence-electron chi connectivity index (χ1n) is 7.44. The molecule has 6 nitrogen and oxygen atoms in total. The van der Waals surface area contributed by atoms with E-state index in [1.54, 1.807) is 7.05 Å². The number of aliphatic imine (C=N–C) groups is 1. The molecule has 0 aliphatic carbocycles. The van der Waals surface area contributed by atoms with Gasteiger partial charge in [-0.15, -0.1) is 11.3 Å². The van der Waals surface area contributed by atoms with Crippen LogP contribution in [-0.2, 0) is 19.3 Å². The Hall–Kier alpha value is -2.14. The predicted molar refractivity (Wildman–Crippen MR) is 97.0 cm³/mol. The van der Waals surface area contributed by atoms with E-state index in [2.05, 4.69) is 41.5 Å². The second kappa shape index (κ2) is 7.62. The fourth-order valence-electron chi connectivity index (χ4n) is 2.18. The molecular weight excluding hydrogens is 433 g/mol. The van der Waals surface area contributed by atoms with Gasteiger partial charge in [0.15, 0.2) is 11.7 Å². The maximum Gasteiger partial charge on any atom is 0.434 e. The topological polar surface area (TPSA) is 66.6 Å². The molecule has 3 aromatic rings. The summed E-state index contributed by atoms with van der Waals surface area (Å²) in [6, 6.07) is 3.80. The largest absolute Gasteiger partial charge is 0.434 e. The highest BCUT2D eigenvalue weighted by atomic mass is 79.9. The summed E-state index contributed by atoms with van der Waals surface area (Å²) in [6.45, 7) is 0.573. The van der Waals surface area contributed by atoms with Crippen molar-refractivity contribution in [3.05, 3.63) is 50.8 Å². The average molecular weight is 447 g/mol. The minimum Gasteiger partial charge on any atom is -0.351 e. The Morgan fingerprint density at radius 2 is 2.00 bits per heavy atom. The van der Waals surface area contributed by atoms with E-state index in [0.717, 1.165) is 32.5 Å². The molecule has 0 saturated heterocycles. The van der Waals surface area contributed by atoms with Gasteiger partial charge in [0.25, 0.3) is 0 Å². The van der Waals surface area contributed by atoms with Gasteiger partial charge in [0.1, 0.15) is 10.7 Å². The van der Waals surface area contributed by atoms with Crippen LogP contribution in [0.3, 0.4) is 0 Å². The third-order valence-corrected chi connectivity index (χ3v) is 4.69. The molecule has 0 unspecified atom stereocenters. The molecule has 3 rings (SSSR count). The normalized spacial score (nSPS) is 12.6. The minimum atomic E-state index is -4.42. The zero-order valence-corrected chi connectivity index (χ0v) is 15.9. The smallest absolute Gasteiger partial charge is 0.351 e. The van der Waals surface area contributed by atoms with Crippen molar-refractivity contribution >= 4 is 38.9 Å². The number of nitrogens with one attached hydrogen (secondary N) is 2. The molecule has 3 heterocycles. The summed E-state index contributed by atoms with van der Waals surface area (Å²) in [5.74, 6) is 0.451. The number of imidazole rings is 1. The van der Waals surface area contributed by atoms with Gasteiger partial charge in [-0.25, -0.2) is 9.97 Å². The van der Waals surface area contributed by atoms with E-state index in [9.17, 15) is 13.2 Å². The van der Waals surface area contributed by atoms with Crippen molar-refractivity contribution < 1.29 is 13.2 Å². The Balaban J connectivity index is 1.56. The van der Waals surface area contributed by atoms with Crippen molar-refractivity contribution in [2.75, 3.05) is 7.05 Å². The van der Waals surface area contributed by atoms with Crippen LogP contribution in [-0.4, -0.2) is 27.4 Å². The van der Waals surface area contributed by atoms with Crippen molar-refractivity contribution in [3.8, 4) is 0 Å². The predicted octanol–water partition coefficient (Wildman–Crippen LogP) is 3.44. The molecule has 11 heteroatoms. The zero-order chi connectivity index (χ0) is 18.7. The minimum absolute atomic E-state index is 0.151. The second-order valence-corrected chi connectivity index (χ2v) is 7.11. The summed E-state index contributed by atoms with van der Waals surface area (Å²) in [6.07, 6.45) is -0.636. The van der Waals surface area contributed by atoms with Crippen LogP contribution in [0.2, 0.25) is 0 Å². The number of fused-ring (bicyclic) bond motifs is 1. The van der Waals surface area contributed by atoms with Crippen molar-refractivity contribution in [1.29, 1.82) is 0 Å². The highest BCUT2D eigenvalue weighted by molar-refractivity contribution is 9.10. The van der Waals surface area contributed by atoms with Crippen LogP contribution >= 0.6 is 27.3 Å². The standard InChI is InChI=1S/C15H14BrF3N6S/c1-20-14(22-5-13-24-11(8-26-13)15(17,18)19)21-4-10-7-25-6-9(16)2-3-12(25)23-10/h2-3,6-8H,4-5H2,1H3,(H2,20,21,22). The lowest BCUT2D eigenvalue weighted by atomic mass is 10.5. The van der Waals surface area contributed by atoms with Gasteiger partial charge in [-0.05, 0) is 28.1 Å². The molecule has 0 atom stereocenters. The highest BCUT2D eigenvalue weighted by Crippen LogP contribution is 2.29. The quantitative estimate of drug-likeness (QED) is 0.475. The molecule has 0 aromatic carbocycles. The van der Waals surface area contributed by atoms with Crippen LogP contribution in [0.15, 0.2) is 39.4 Å². The van der Waals surface area contributed by atoms with E-state index >= 15 is 0 Å². The molecule has 138 valence electrons. The van der Waals surface area contributed by atoms with Crippen molar-refractivity contribution in [2.24, 2.45) is 4.99 Å². The Bertz CT molecular complexity index is 933. The first-order valence-corrected chi connectivity index (χ1v) is 9.11. The number of halogens is 4. The summed E-state index contributed by atoms with van der Waals surface area (Å²) in [7, 11) is 1.58. The van der Waals surface area contributed by atoms with Crippen molar-refractivity contribution in [2.45, 2.75) is 19.3 Å².